The summed E-state index contributed by atoms with van der Waals surface area (Å²) in [5, 5.41) is 4.16. The lowest BCUT2D eigenvalue weighted by Gasteiger charge is -2.13. The monoisotopic (exact) mass is 321 g/mol. The molecular formula is C16H13Cl2NO2. The van der Waals surface area contributed by atoms with E-state index in [2.05, 4.69) is 5.32 Å². The Morgan fingerprint density at radius 2 is 1.90 bits per heavy atom. The molecule has 0 radical (unpaired) electrons. The van der Waals surface area contributed by atoms with Crippen LogP contribution in [0.15, 0.2) is 36.4 Å². The van der Waals surface area contributed by atoms with Crippen LogP contribution in [-0.4, -0.2) is 12.0 Å². The van der Waals surface area contributed by atoms with Crippen LogP contribution in [0.3, 0.4) is 0 Å². The summed E-state index contributed by atoms with van der Waals surface area (Å²) in [6.45, 7) is 1.89. The van der Waals surface area contributed by atoms with Gasteiger partial charge in [-0.3, -0.25) is 4.79 Å². The normalized spacial score (nSPS) is 16.2. The molecule has 1 amide bonds. The average Bonchev–Trinajstić information content (AvgIpc) is 2.85. The molecule has 2 aromatic rings. The second-order valence-electron chi connectivity index (χ2n) is 5.01. The van der Waals surface area contributed by atoms with E-state index in [1.165, 1.54) is 0 Å². The number of hydrogen-bond acceptors (Lipinski definition) is 2. The Morgan fingerprint density at radius 3 is 2.67 bits per heavy atom. The summed E-state index contributed by atoms with van der Waals surface area (Å²) in [7, 11) is 0. The minimum atomic E-state index is -0.534. The van der Waals surface area contributed by atoms with Crippen LogP contribution in [0.5, 0.6) is 5.75 Å². The lowest BCUT2D eigenvalue weighted by molar-refractivity contribution is -0.122. The second kappa shape index (κ2) is 5.58. The van der Waals surface area contributed by atoms with Crippen molar-refractivity contribution >= 4 is 34.8 Å². The van der Waals surface area contributed by atoms with E-state index in [1.54, 1.807) is 30.3 Å². The lowest BCUT2D eigenvalue weighted by atomic mass is 10.1. The molecule has 0 spiro atoms. The Hall–Kier alpha value is -1.71. The van der Waals surface area contributed by atoms with Gasteiger partial charge in [-0.15, -0.1) is 0 Å². The first-order chi connectivity index (χ1) is 10.0. The van der Waals surface area contributed by atoms with Crippen LogP contribution in [0.1, 0.15) is 11.1 Å². The predicted molar refractivity (Wildman–Crippen MR) is 84.4 cm³/mol. The first kappa shape index (κ1) is 14.2. The summed E-state index contributed by atoms with van der Waals surface area (Å²) in [6.07, 6.45) is -0.0116. The number of rotatable bonds is 2. The number of halogens is 2. The van der Waals surface area contributed by atoms with E-state index >= 15 is 0 Å². The number of carbonyl (C=O) groups is 1. The van der Waals surface area contributed by atoms with Crippen LogP contribution in [0, 0.1) is 6.92 Å². The van der Waals surface area contributed by atoms with Gasteiger partial charge in [0.15, 0.2) is 6.10 Å². The molecule has 0 unspecified atom stereocenters. The fourth-order valence-corrected chi connectivity index (χ4v) is 2.77. The van der Waals surface area contributed by atoms with Gasteiger partial charge in [0.05, 0.1) is 0 Å². The highest BCUT2D eigenvalue weighted by molar-refractivity contribution is 6.31. The zero-order valence-electron chi connectivity index (χ0n) is 11.3. The lowest BCUT2D eigenvalue weighted by Crippen LogP contribution is -2.31. The SMILES string of the molecule is Cc1cc(Cl)ccc1NC(=O)[C@H]1Cc2cc(Cl)ccc2O1. The summed E-state index contributed by atoms with van der Waals surface area (Å²) >= 11 is 11.9. The van der Waals surface area contributed by atoms with Crippen molar-refractivity contribution in [2.75, 3.05) is 5.32 Å². The van der Waals surface area contributed by atoms with Gasteiger partial charge in [0.25, 0.3) is 5.91 Å². The van der Waals surface area contributed by atoms with Crippen molar-refractivity contribution in [2.45, 2.75) is 19.4 Å². The van der Waals surface area contributed by atoms with Crippen LogP contribution in [0.25, 0.3) is 0 Å². The summed E-state index contributed by atoms with van der Waals surface area (Å²) in [6, 6.07) is 10.7. The Kier molecular flexibility index (Phi) is 3.79. The quantitative estimate of drug-likeness (QED) is 0.898. The van der Waals surface area contributed by atoms with E-state index in [4.69, 9.17) is 27.9 Å². The van der Waals surface area contributed by atoms with Crippen molar-refractivity contribution in [1.82, 2.24) is 0 Å². The highest BCUT2D eigenvalue weighted by atomic mass is 35.5. The maximum Gasteiger partial charge on any atom is 0.265 e. The third-order valence-electron chi connectivity index (χ3n) is 3.44. The number of carbonyl (C=O) groups excluding carboxylic acids is 1. The third kappa shape index (κ3) is 2.99. The van der Waals surface area contributed by atoms with Gasteiger partial charge in [-0.25, -0.2) is 0 Å². The fourth-order valence-electron chi connectivity index (χ4n) is 2.34. The molecule has 21 heavy (non-hydrogen) atoms. The zero-order valence-corrected chi connectivity index (χ0v) is 12.8. The van der Waals surface area contributed by atoms with Gasteiger partial charge < -0.3 is 10.1 Å². The molecule has 1 atom stereocenters. The Morgan fingerprint density at radius 1 is 1.19 bits per heavy atom. The number of fused-ring (bicyclic) bond motifs is 1. The summed E-state index contributed by atoms with van der Waals surface area (Å²) in [4.78, 5) is 12.3. The number of amides is 1. The van der Waals surface area contributed by atoms with Gasteiger partial charge in [-0.2, -0.15) is 0 Å². The number of benzene rings is 2. The van der Waals surface area contributed by atoms with Gasteiger partial charge in [0.1, 0.15) is 5.75 Å². The van der Waals surface area contributed by atoms with E-state index in [9.17, 15) is 4.79 Å². The summed E-state index contributed by atoms with van der Waals surface area (Å²) < 4.78 is 5.66. The van der Waals surface area contributed by atoms with Gasteiger partial charge in [-0.05, 0) is 54.4 Å². The van der Waals surface area contributed by atoms with Crippen LogP contribution in [0.4, 0.5) is 5.69 Å². The molecule has 108 valence electrons. The Bertz CT molecular complexity index is 715. The number of ether oxygens (including phenoxy) is 1. The molecule has 0 aromatic heterocycles. The van der Waals surface area contributed by atoms with E-state index in [0.29, 0.717) is 22.2 Å². The fraction of sp³-hybridized carbons (Fsp3) is 0.188. The molecular weight excluding hydrogens is 309 g/mol. The predicted octanol–water partition coefficient (Wildman–Crippen LogP) is 4.24. The molecule has 1 N–H and O–H groups in total. The molecule has 2 aromatic carbocycles. The van der Waals surface area contributed by atoms with Crippen molar-refractivity contribution in [3.63, 3.8) is 0 Å². The van der Waals surface area contributed by atoms with Gasteiger partial charge in [-0.1, -0.05) is 23.2 Å². The van der Waals surface area contributed by atoms with Crippen molar-refractivity contribution in [3.8, 4) is 5.75 Å². The standard InChI is InChI=1S/C16H13Cl2NO2/c1-9-6-11(17)2-4-13(9)19-16(20)15-8-10-7-12(18)3-5-14(10)21-15/h2-7,15H,8H2,1H3,(H,19,20)/t15-/m1/s1. The van der Waals surface area contributed by atoms with Crippen molar-refractivity contribution in [2.24, 2.45) is 0 Å². The van der Waals surface area contributed by atoms with Crippen LogP contribution < -0.4 is 10.1 Å². The van der Waals surface area contributed by atoms with Crippen molar-refractivity contribution in [3.05, 3.63) is 57.6 Å². The van der Waals surface area contributed by atoms with Gasteiger partial charge in [0, 0.05) is 22.2 Å². The minimum Gasteiger partial charge on any atom is -0.480 e. The van der Waals surface area contributed by atoms with E-state index in [0.717, 1.165) is 16.8 Å². The molecule has 0 fully saturated rings. The minimum absolute atomic E-state index is 0.173. The number of hydrogen-bond donors (Lipinski definition) is 1. The third-order valence-corrected chi connectivity index (χ3v) is 3.91. The summed E-state index contributed by atoms with van der Waals surface area (Å²) in [5.41, 5.74) is 2.60. The number of anilines is 1. The zero-order chi connectivity index (χ0) is 15.0. The first-order valence-electron chi connectivity index (χ1n) is 6.55. The topological polar surface area (TPSA) is 38.3 Å². The maximum atomic E-state index is 12.3. The van der Waals surface area contributed by atoms with Crippen molar-refractivity contribution < 1.29 is 9.53 Å². The molecule has 0 bridgehead atoms. The molecule has 1 heterocycles. The molecule has 5 heteroatoms. The highest BCUT2D eigenvalue weighted by Crippen LogP contribution is 2.31. The van der Waals surface area contributed by atoms with Crippen LogP contribution >= 0.6 is 23.2 Å². The molecule has 0 aliphatic carbocycles. The number of nitrogens with one attached hydrogen (secondary N) is 1. The molecule has 0 saturated heterocycles. The van der Waals surface area contributed by atoms with E-state index in [-0.39, 0.29) is 5.91 Å². The average molecular weight is 322 g/mol. The maximum absolute atomic E-state index is 12.3. The van der Waals surface area contributed by atoms with Gasteiger partial charge in [0.2, 0.25) is 0 Å². The van der Waals surface area contributed by atoms with Crippen LogP contribution in [-0.2, 0) is 11.2 Å². The smallest absolute Gasteiger partial charge is 0.265 e. The van der Waals surface area contributed by atoms with E-state index < -0.39 is 6.10 Å². The first-order valence-corrected chi connectivity index (χ1v) is 7.30. The van der Waals surface area contributed by atoms with Crippen LogP contribution in [0.2, 0.25) is 10.0 Å². The van der Waals surface area contributed by atoms with Crippen molar-refractivity contribution in [1.29, 1.82) is 0 Å². The van der Waals surface area contributed by atoms with Gasteiger partial charge >= 0.3 is 0 Å². The molecule has 3 rings (SSSR count). The Labute approximate surface area is 132 Å². The second-order valence-corrected chi connectivity index (χ2v) is 5.88. The molecule has 1 aliphatic rings. The highest BCUT2D eigenvalue weighted by Gasteiger charge is 2.29. The Balaban J connectivity index is 1.73. The van der Waals surface area contributed by atoms with E-state index in [1.807, 2.05) is 13.0 Å². The molecule has 1 aliphatic heterocycles. The number of aryl methyl sites for hydroxylation is 1. The molecule has 3 nitrogen and oxygen atoms in total. The largest absolute Gasteiger partial charge is 0.480 e. The molecule has 0 saturated carbocycles. The summed E-state index contributed by atoms with van der Waals surface area (Å²) in [5.74, 6) is 0.542.